The summed E-state index contributed by atoms with van der Waals surface area (Å²) in [5, 5.41) is 0. The fourth-order valence-corrected chi connectivity index (χ4v) is 2.59. The van der Waals surface area contributed by atoms with E-state index in [1.807, 2.05) is 42.5 Å². The summed E-state index contributed by atoms with van der Waals surface area (Å²) >= 11 is 0. The number of fused-ring (bicyclic) bond motifs is 1. The largest absolute Gasteiger partial charge is 0.365 e. The molecule has 0 saturated carbocycles. The third-order valence-corrected chi connectivity index (χ3v) is 3.87. The SMILES string of the molecule is CN(C)C(=O)C[C@@H]1C=C[C@@H]2O[C@H](c3ccccc3)OC[C@H]2O1. The molecule has 3 rings (SSSR count). The summed E-state index contributed by atoms with van der Waals surface area (Å²) in [6, 6.07) is 9.85. The minimum atomic E-state index is -0.365. The molecule has 1 saturated heterocycles. The Hall–Kier alpha value is -1.69. The first-order chi connectivity index (χ1) is 10.6. The predicted octanol–water partition coefficient (Wildman–Crippen LogP) is 1.90. The van der Waals surface area contributed by atoms with E-state index in [1.165, 1.54) is 0 Å². The number of carbonyl (C=O) groups is 1. The molecule has 5 heteroatoms. The lowest BCUT2D eigenvalue weighted by Gasteiger charge is -2.39. The van der Waals surface area contributed by atoms with Crippen LogP contribution in [0.3, 0.4) is 0 Å². The Morgan fingerprint density at radius 1 is 1.18 bits per heavy atom. The van der Waals surface area contributed by atoms with E-state index >= 15 is 0 Å². The number of hydrogen-bond acceptors (Lipinski definition) is 4. The van der Waals surface area contributed by atoms with Crippen molar-refractivity contribution in [3.05, 3.63) is 48.0 Å². The molecule has 0 bridgehead atoms. The summed E-state index contributed by atoms with van der Waals surface area (Å²) in [5.41, 5.74) is 0.999. The quantitative estimate of drug-likeness (QED) is 0.800. The zero-order valence-electron chi connectivity index (χ0n) is 12.8. The molecule has 2 aliphatic rings. The summed E-state index contributed by atoms with van der Waals surface area (Å²) in [7, 11) is 3.49. The van der Waals surface area contributed by atoms with Gasteiger partial charge in [-0.1, -0.05) is 42.5 Å². The van der Waals surface area contributed by atoms with Gasteiger partial charge in [0.25, 0.3) is 0 Å². The van der Waals surface area contributed by atoms with Crippen LogP contribution in [0.25, 0.3) is 0 Å². The highest BCUT2D eigenvalue weighted by molar-refractivity contribution is 5.76. The van der Waals surface area contributed by atoms with E-state index < -0.39 is 0 Å². The summed E-state index contributed by atoms with van der Waals surface area (Å²) in [4.78, 5) is 13.3. The van der Waals surface area contributed by atoms with Crippen molar-refractivity contribution in [2.24, 2.45) is 0 Å². The van der Waals surface area contributed by atoms with Crippen LogP contribution in [0.1, 0.15) is 18.3 Å². The summed E-state index contributed by atoms with van der Waals surface area (Å²) in [6.07, 6.45) is 3.37. The molecule has 4 atom stereocenters. The maximum Gasteiger partial charge on any atom is 0.224 e. The second-order valence-electron chi connectivity index (χ2n) is 5.77. The Kier molecular flexibility index (Phi) is 4.57. The lowest BCUT2D eigenvalue weighted by Crippen LogP contribution is -2.46. The molecule has 1 fully saturated rings. The van der Waals surface area contributed by atoms with Gasteiger partial charge < -0.3 is 19.1 Å². The van der Waals surface area contributed by atoms with Gasteiger partial charge in [0.1, 0.15) is 12.2 Å². The van der Waals surface area contributed by atoms with Gasteiger partial charge in [-0.15, -0.1) is 0 Å². The number of benzene rings is 1. The molecule has 0 unspecified atom stereocenters. The van der Waals surface area contributed by atoms with Gasteiger partial charge in [-0.05, 0) is 0 Å². The van der Waals surface area contributed by atoms with E-state index in [2.05, 4.69) is 0 Å². The van der Waals surface area contributed by atoms with Gasteiger partial charge in [-0.3, -0.25) is 4.79 Å². The summed E-state index contributed by atoms with van der Waals surface area (Å²) in [5.74, 6) is 0.0490. The minimum absolute atomic E-state index is 0.0490. The van der Waals surface area contributed by atoms with Gasteiger partial charge in [0, 0.05) is 19.7 Å². The normalized spacial score (nSPS) is 30.6. The molecule has 2 aliphatic heterocycles. The molecule has 0 spiro atoms. The molecule has 1 amide bonds. The van der Waals surface area contributed by atoms with E-state index in [4.69, 9.17) is 14.2 Å². The van der Waals surface area contributed by atoms with Crippen LogP contribution < -0.4 is 0 Å². The van der Waals surface area contributed by atoms with E-state index in [-0.39, 0.29) is 30.5 Å². The molecule has 0 N–H and O–H groups in total. The Bertz CT molecular complexity index is 543. The van der Waals surface area contributed by atoms with Crippen LogP contribution in [0.5, 0.6) is 0 Å². The molecule has 5 nitrogen and oxygen atoms in total. The van der Waals surface area contributed by atoms with Gasteiger partial charge in [0.05, 0.1) is 19.1 Å². The third-order valence-electron chi connectivity index (χ3n) is 3.87. The topological polar surface area (TPSA) is 48.0 Å². The molecule has 0 radical (unpaired) electrons. The van der Waals surface area contributed by atoms with Crippen molar-refractivity contribution in [2.45, 2.75) is 31.0 Å². The lowest BCUT2D eigenvalue weighted by atomic mass is 10.1. The number of hydrogen-bond donors (Lipinski definition) is 0. The van der Waals surface area contributed by atoms with Crippen LogP contribution in [-0.2, 0) is 19.0 Å². The second kappa shape index (κ2) is 6.60. The fourth-order valence-electron chi connectivity index (χ4n) is 2.59. The van der Waals surface area contributed by atoms with Crippen molar-refractivity contribution in [2.75, 3.05) is 20.7 Å². The van der Waals surface area contributed by atoms with Crippen molar-refractivity contribution < 1.29 is 19.0 Å². The van der Waals surface area contributed by atoms with E-state index in [1.54, 1.807) is 19.0 Å². The molecule has 1 aromatic carbocycles. The molecule has 118 valence electrons. The standard InChI is InChI=1S/C17H21NO4/c1-18(2)16(19)10-13-8-9-14-15(21-13)11-20-17(22-14)12-6-4-3-5-7-12/h3-9,13-15,17H,10-11H2,1-2H3/t13-,14-,15+,17+/m0/s1. The molecular weight excluding hydrogens is 282 g/mol. The molecular formula is C17H21NO4. The monoisotopic (exact) mass is 303 g/mol. The van der Waals surface area contributed by atoms with Crippen LogP contribution in [-0.4, -0.2) is 49.8 Å². The van der Waals surface area contributed by atoms with Crippen LogP contribution in [0.15, 0.2) is 42.5 Å². The van der Waals surface area contributed by atoms with Crippen LogP contribution in [0.4, 0.5) is 0 Å². The van der Waals surface area contributed by atoms with Crippen molar-refractivity contribution in [1.82, 2.24) is 4.90 Å². The number of carbonyl (C=O) groups excluding carboxylic acids is 1. The van der Waals surface area contributed by atoms with Crippen LogP contribution in [0, 0.1) is 0 Å². The minimum Gasteiger partial charge on any atom is -0.365 e. The van der Waals surface area contributed by atoms with Crippen molar-refractivity contribution >= 4 is 5.91 Å². The first kappa shape index (κ1) is 15.2. The maximum absolute atomic E-state index is 11.8. The Morgan fingerprint density at radius 2 is 1.95 bits per heavy atom. The number of nitrogens with zero attached hydrogens (tertiary/aromatic N) is 1. The van der Waals surface area contributed by atoms with Gasteiger partial charge in [0.2, 0.25) is 5.91 Å². The first-order valence-corrected chi connectivity index (χ1v) is 7.49. The first-order valence-electron chi connectivity index (χ1n) is 7.49. The number of rotatable bonds is 3. The maximum atomic E-state index is 11.8. The molecule has 0 aliphatic carbocycles. The smallest absolute Gasteiger partial charge is 0.224 e. The van der Waals surface area contributed by atoms with Crippen molar-refractivity contribution in [3.63, 3.8) is 0 Å². The van der Waals surface area contributed by atoms with Crippen molar-refractivity contribution in [3.8, 4) is 0 Å². The molecule has 22 heavy (non-hydrogen) atoms. The third kappa shape index (κ3) is 3.38. The van der Waals surface area contributed by atoms with Gasteiger partial charge in [0.15, 0.2) is 6.29 Å². The Balaban J connectivity index is 1.62. The molecule has 1 aromatic rings. The summed E-state index contributed by atoms with van der Waals surface area (Å²) in [6.45, 7) is 0.460. The van der Waals surface area contributed by atoms with E-state index in [9.17, 15) is 4.79 Å². The predicted molar refractivity (Wildman–Crippen MR) is 81.1 cm³/mol. The number of ether oxygens (including phenoxy) is 3. The average molecular weight is 303 g/mol. The highest BCUT2D eigenvalue weighted by Gasteiger charge is 2.36. The number of amides is 1. The zero-order chi connectivity index (χ0) is 15.5. The summed E-state index contributed by atoms with van der Waals surface area (Å²) < 4.78 is 17.6. The second-order valence-corrected chi connectivity index (χ2v) is 5.77. The van der Waals surface area contributed by atoms with Gasteiger partial charge in [-0.25, -0.2) is 0 Å². The highest BCUT2D eigenvalue weighted by Crippen LogP contribution is 2.31. The van der Waals surface area contributed by atoms with E-state index in [0.29, 0.717) is 13.0 Å². The molecule has 0 aromatic heterocycles. The van der Waals surface area contributed by atoms with E-state index in [0.717, 1.165) is 5.56 Å². The van der Waals surface area contributed by atoms with Gasteiger partial charge in [-0.2, -0.15) is 0 Å². The lowest BCUT2D eigenvalue weighted by molar-refractivity contribution is -0.262. The highest BCUT2D eigenvalue weighted by atomic mass is 16.7. The zero-order valence-corrected chi connectivity index (χ0v) is 12.8. The van der Waals surface area contributed by atoms with Gasteiger partial charge >= 0.3 is 0 Å². The Morgan fingerprint density at radius 3 is 2.68 bits per heavy atom. The van der Waals surface area contributed by atoms with Crippen LogP contribution in [0.2, 0.25) is 0 Å². The fraction of sp³-hybridized carbons (Fsp3) is 0.471. The average Bonchev–Trinajstić information content (AvgIpc) is 2.55. The Labute approximate surface area is 130 Å². The van der Waals surface area contributed by atoms with Crippen LogP contribution >= 0.6 is 0 Å². The van der Waals surface area contributed by atoms with Crippen molar-refractivity contribution in [1.29, 1.82) is 0 Å². The molecule has 2 heterocycles.